The first-order valence-electron chi connectivity index (χ1n) is 13.0. The third-order valence-electron chi connectivity index (χ3n) is 7.77. The van der Waals surface area contributed by atoms with E-state index in [4.69, 9.17) is 4.74 Å². The van der Waals surface area contributed by atoms with Gasteiger partial charge in [-0.1, -0.05) is 61.9 Å². The number of hydrogen-bond acceptors (Lipinski definition) is 6. The van der Waals surface area contributed by atoms with Crippen molar-refractivity contribution in [3.8, 4) is 0 Å². The van der Waals surface area contributed by atoms with Gasteiger partial charge in [0.25, 0.3) is 0 Å². The van der Waals surface area contributed by atoms with Crippen LogP contribution in [0, 0.1) is 17.8 Å². The predicted octanol–water partition coefficient (Wildman–Crippen LogP) is 3.79. The van der Waals surface area contributed by atoms with Gasteiger partial charge in [-0.25, -0.2) is 0 Å². The summed E-state index contributed by atoms with van der Waals surface area (Å²) in [5.41, 5.74) is 0. The third-order valence-corrected chi connectivity index (χ3v) is 11.0. The van der Waals surface area contributed by atoms with E-state index >= 15 is 0 Å². The molecule has 3 aliphatic rings. The fourth-order valence-electron chi connectivity index (χ4n) is 6.42. The molecule has 3 rings (SSSR count). The van der Waals surface area contributed by atoms with Crippen molar-refractivity contribution in [2.75, 3.05) is 19.8 Å². The van der Waals surface area contributed by atoms with Gasteiger partial charge in [0, 0.05) is 22.7 Å². The van der Waals surface area contributed by atoms with Gasteiger partial charge in [-0.15, -0.1) is 18.3 Å². The van der Waals surface area contributed by atoms with Crippen LogP contribution < -0.4 is 0 Å². The number of alkyl halides is 1. The molecule has 2 amide bonds. The van der Waals surface area contributed by atoms with Crippen molar-refractivity contribution in [1.29, 1.82) is 0 Å². The van der Waals surface area contributed by atoms with E-state index < -0.39 is 34.6 Å². The molecular formula is C27H41BrN2O5S. The van der Waals surface area contributed by atoms with Crippen LogP contribution in [0.5, 0.6) is 0 Å². The standard InChI is InChI=1S/C27H41BrN2O5S/c1-7-10-17(6)29(11-8-2)25(33)23-27-14-19(28)22(36-27)20(26(34)35-12-9-3)21(27)24(32)30(23)18(15-31)13-16(4)5/h8-9,16-23,31H,2-3,7,10-15H2,1,4-6H3/t17?,18-,19?,20+,21+,22+,23?,27?/m1/s1. The zero-order valence-corrected chi connectivity index (χ0v) is 24.3. The number of aliphatic hydroxyl groups excluding tert-OH is 1. The Morgan fingerprint density at radius 2 is 2.03 bits per heavy atom. The first-order valence-corrected chi connectivity index (χ1v) is 14.8. The van der Waals surface area contributed by atoms with Crippen LogP contribution in [-0.2, 0) is 19.1 Å². The molecule has 0 radical (unpaired) electrons. The van der Waals surface area contributed by atoms with Gasteiger partial charge in [-0.3, -0.25) is 14.4 Å². The van der Waals surface area contributed by atoms with Crippen molar-refractivity contribution >= 4 is 45.5 Å². The molecule has 7 nitrogen and oxygen atoms in total. The van der Waals surface area contributed by atoms with Crippen LogP contribution in [-0.4, -0.2) is 85.4 Å². The molecule has 0 saturated carbocycles. The van der Waals surface area contributed by atoms with E-state index in [9.17, 15) is 19.5 Å². The number of amides is 2. The Kier molecular flexibility index (Phi) is 9.77. The lowest BCUT2D eigenvalue weighted by Gasteiger charge is -2.41. The number of halogens is 1. The molecule has 0 aromatic heterocycles. The van der Waals surface area contributed by atoms with E-state index in [-0.39, 0.29) is 47.1 Å². The number of likely N-dealkylation sites (tertiary alicyclic amines) is 1. The highest BCUT2D eigenvalue weighted by Gasteiger charge is 2.76. The van der Waals surface area contributed by atoms with Gasteiger partial charge in [0.1, 0.15) is 12.6 Å². The number of ether oxygens (including phenoxy) is 1. The number of rotatable bonds is 13. The molecule has 9 heteroatoms. The second kappa shape index (κ2) is 12.0. The largest absolute Gasteiger partial charge is 0.461 e. The molecule has 3 saturated heterocycles. The fraction of sp³-hybridized carbons (Fsp3) is 0.741. The average molecular weight is 586 g/mol. The van der Waals surface area contributed by atoms with Gasteiger partial charge >= 0.3 is 5.97 Å². The number of aliphatic hydroxyl groups is 1. The maximum Gasteiger partial charge on any atom is 0.311 e. The van der Waals surface area contributed by atoms with Crippen LogP contribution in [0.4, 0.5) is 0 Å². The Balaban J connectivity index is 2.12. The van der Waals surface area contributed by atoms with Gasteiger partial charge in [0.2, 0.25) is 11.8 Å². The summed E-state index contributed by atoms with van der Waals surface area (Å²) < 4.78 is 4.68. The minimum atomic E-state index is -0.766. The Bertz CT molecular complexity index is 869. The van der Waals surface area contributed by atoms with Gasteiger partial charge in [0.15, 0.2) is 0 Å². The molecule has 3 heterocycles. The SMILES string of the molecule is C=CCOC(=O)[C@H]1[C@H]2C(=O)N([C@@H](CO)CC(C)C)C(C(=O)N(CC=C)C(C)CCC)C23CC(Br)[C@@H]1S3. The lowest BCUT2D eigenvalue weighted by molar-refractivity contribution is -0.153. The van der Waals surface area contributed by atoms with Crippen molar-refractivity contribution in [2.45, 2.75) is 86.3 Å². The van der Waals surface area contributed by atoms with Crippen LogP contribution in [0.25, 0.3) is 0 Å². The number of nitrogens with zero attached hydrogens (tertiary/aromatic N) is 2. The second-order valence-corrected chi connectivity index (χ2v) is 13.4. The summed E-state index contributed by atoms with van der Waals surface area (Å²) in [5.74, 6) is -1.86. The molecule has 8 atom stereocenters. The van der Waals surface area contributed by atoms with Crippen LogP contribution in [0.2, 0.25) is 0 Å². The summed E-state index contributed by atoms with van der Waals surface area (Å²) in [4.78, 5) is 45.3. The van der Waals surface area contributed by atoms with Gasteiger partial charge in [-0.2, -0.15) is 0 Å². The van der Waals surface area contributed by atoms with Crippen LogP contribution >= 0.6 is 27.7 Å². The molecule has 1 spiro atoms. The number of esters is 1. The number of carbonyl (C=O) groups is 3. The lowest BCUT2D eigenvalue weighted by atomic mass is 9.71. The zero-order valence-electron chi connectivity index (χ0n) is 21.9. The maximum atomic E-state index is 14.4. The topological polar surface area (TPSA) is 87.1 Å². The minimum absolute atomic E-state index is 0.0256. The predicted molar refractivity (Wildman–Crippen MR) is 147 cm³/mol. The quantitative estimate of drug-likeness (QED) is 0.201. The summed E-state index contributed by atoms with van der Waals surface area (Å²) >= 11 is 5.35. The van der Waals surface area contributed by atoms with Crippen LogP contribution in [0.1, 0.15) is 53.4 Å². The molecule has 0 aromatic carbocycles. The van der Waals surface area contributed by atoms with E-state index in [1.165, 1.54) is 6.08 Å². The molecule has 3 fully saturated rings. The van der Waals surface area contributed by atoms with Crippen molar-refractivity contribution in [2.24, 2.45) is 17.8 Å². The zero-order chi connectivity index (χ0) is 26.8. The normalized spacial score (nSPS) is 32.4. The van der Waals surface area contributed by atoms with Crippen molar-refractivity contribution in [3.05, 3.63) is 25.3 Å². The van der Waals surface area contributed by atoms with E-state index in [0.29, 0.717) is 19.4 Å². The number of thioether (sulfide) groups is 1. The fourth-order valence-corrected chi connectivity index (χ4v) is 10.0. The monoisotopic (exact) mass is 584 g/mol. The van der Waals surface area contributed by atoms with Crippen LogP contribution in [0.3, 0.4) is 0 Å². The van der Waals surface area contributed by atoms with Crippen molar-refractivity contribution in [3.63, 3.8) is 0 Å². The molecule has 1 N–H and O–H groups in total. The van der Waals surface area contributed by atoms with Crippen molar-refractivity contribution < 1.29 is 24.2 Å². The van der Waals surface area contributed by atoms with Crippen LogP contribution in [0.15, 0.2) is 25.3 Å². The maximum absolute atomic E-state index is 14.4. The van der Waals surface area contributed by atoms with E-state index in [1.54, 1.807) is 22.7 Å². The second-order valence-electron chi connectivity index (χ2n) is 10.7. The lowest BCUT2D eigenvalue weighted by Crippen LogP contribution is -2.59. The first-order chi connectivity index (χ1) is 17.1. The molecule has 0 aliphatic carbocycles. The summed E-state index contributed by atoms with van der Waals surface area (Å²) in [6.45, 7) is 15.9. The van der Waals surface area contributed by atoms with E-state index in [1.807, 2.05) is 25.7 Å². The highest BCUT2D eigenvalue weighted by Crippen LogP contribution is 2.68. The molecule has 0 aromatic rings. The molecule has 4 unspecified atom stereocenters. The summed E-state index contributed by atoms with van der Waals surface area (Å²) in [5, 5.41) is 10.2. The smallest absolute Gasteiger partial charge is 0.311 e. The van der Waals surface area contributed by atoms with Gasteiger partial charge < -0.3 is 19.6 Å². The van der Waals surface area contributed by atoms with Gasteiger partial charge in [-0.05, 0) is 32.1 Å². The first kappa shape index (κ1) is 29.2. The molecule has 202 valence electrons. The number of fused-ring (bicyclic) bond motifs is 1. The van der Waals surface area contributed by atoms with E-state index in [0.717, 1.165) is 12.8 Å². The molecule has 3 aliphatic heterocycles. The van der Waals surface area contributed by atoms with Gasteiger partial charge in [0.05, 0.1) is 29.2 Å². The molecule has 36 heavy (non-hydrogen) atoms. The highest BCUT2D eigenvalue weighted by molar-refractivity contribution is 9.09. The Labute approximate surface area is 228 Å². The summed E-state index contributed by atoms with van der Waals surface area (Å²) in [7, 11) is 0. The minimum Gasteiger partial charge on any atom is -0.461 e. The highest BCUT2D eigenvalue weighted by atomic mass is 79.9. The molecule has 2 bridgehead atoms. The summed E-state index contributed by atoms with van der Waals surface area (Å²) in [6.07, 6.45) is 6.16. The number of carbonyl (C=O) groups excluding carboxylic acids is 3. The van der Waals surface area contributed by atoms with E-state index in [2.05, 4.69) is 36.0 Å². The average Bonchev–Trinajstić information content (AvgIpc) is 3.42. The Morgan fingerprint density at radius 3 is 2.58 bits per heavy atom. The Morgan fingerprint density at radius 1 is 1.33 bits per heavy atom. The number of hydrogen-bond donors (Lipinski definition) is 1. The van der Waals surface area contributed by atoms with Crippen molar-refractivity contribution in [1.82, 2.24) is 9.80 Å². The Hall–Kier alpha value is -1.32. The summed E-state index contributed by atoms with van der Waals surface area (Å²) in [6, 6.07) is -1.29. The third kappa shape index (κ3) is 5.04. The molecular weight excluding hydrogens is 544 g/mol.